The fraction of sp³-hybridized carbons (Fsp3) is 0.0952. The Morgan fingerprint density at radius 2 is 1.59 bits per heavy atom. The Labute approximate surface area is 154 Å². The Morgan fingerprint density at radius 3 is 2.22 bits per heavy atom. The van der Waals surface area contributed by atoms with Crippen LogP contribution in [0.5, 0.6) is 0 Å². The second-order valence-electron chi connectivity index (χ2n) is 5.93. The van der Waals surface area contributed by atoms with Crippen molar-refractivity contribution in [1.82, 2.24) is 9.55 Å². The van der Waals surface area contributed by atoms with Gasteiger partial charge in [-0.25, -0.2) is 4.79 Å². The molecule has 3 aromatic rings. The molecule has 0 saturated carbocycles. The summed E-state index contributed by atoms with van der Waals surface area (Å²) in [6.07, 6.45) is 3.23. The summed E-state index contributed by atoms with van der Waals surface area (Å²) in [5, 5.41) is 0.433. The van der Waals surface area contributed by atoms with E-state index in [-0.39, 0.29) is 21.8 Å². The van der Waals surface area contributed by atoms with Crippen LogP contribution >= 0.6 is 0 Å². The molecular weight excluding hydrogens is 344 g/mol. The summed E-state index contributed by atoms with van der Waals surface area (Å²) in [6, 6.07) is 15.8. The minimum atomic E-state index is -0.437. The van der Waals surface area contributed by atoms with Gasteiger partial charge >= 0.3 is 5.97 Å². The first kappa shape index (κ1) is 18.1. The maximum absolute atomic E-state index is 12.6. The van der Waals surface area contributed by atoms with Crippen LogP contribution in [-0.2, 0) is 11.8 Å². The number of hydrogen-bond donors (Lipinski definition) is 1. The maximum atomic E-state index is 12.6. The van der Waals surface area contributed by atoms with E-state index < -0.39 is 5.97 Å². The monoisotopic (exact) mass is 362 g/mol. The number of hydrogen-bond acceptors (Lipinski definition) is 4. The van der Waals surface area contributed by atoms with Gasteiger partial charge in [-0.1, -0.05) is 42.5 Å². The first-order valence-corrected chi connectivity index (χ1v) is 8.26. The standard InChI is InChI=1S/C21H18N2O4/c1-23-18(13-15-8-10-16(11-9-15)21(26)27-2)19(24)22-17(20(23)25)12-14-6-4-3-5-7-14/h3-13H,1-2H3,(H,22,24)/b17-12-,18-13-. The minimum absolute atomic E-state index is 0.215. The third kappa shape index (κ3) is 3.95. The second kappa shape index (κ2) is 7.70. The molecule has 0 bridgehead atoms. The molecule has 1 N–H and O–H groups in total. The van der Waals surface area contributed by atoms with Crippen molar-refractivity contribution in [3.63, 3.8) is 0 Å². The SMILES string of the molecule is COC(=O)c1ccc(/C=c2/c(=O)[nH]/c(=C\c3ccccc3)c(=O)n2C)cc1. The molecule has 6 heteroatoms. The molecule has 0 saturated heterocycles. The van der Waals surface area contributed by atoms with E-state index >= 15 is 0 Å². The fourth-order valence-corrected chi connectivity index (χ4v) is 2.65. The zero-order valence-electron chi connectivity index (χ0n) is 14.9. The van der Waals surface area contributed by atoms with Crippen molar-refractivity contribution in [3.8, 4) is 0 Å². The van der Waals surface area contributed by atoms with Crippen molar-refractivity contribution in [3.05, 3.63) is 103 Å². The van der Waals surface area contributed by atoms with Crippen LogP contribution < -0.4 is 21.8 Å². The molecule has 1 heterocycles. The van der Waals surface area contributed by atoms with Crippen LogP contribution in [0.25, 0.3) is 12.2 Å². The molecule has 6 nitrogen and oxygen atoms in total. The van der Waals surface area contributed by atoms with Crippen LogP contribution in [0.1, 0.15) is 21.5 Å². The third-order valence-corrected chi connectivity index (χ3v) is 4.12. The Kier molecular flexibility index (Phi) is 5.17. The van der Waals surface area contributed by atoms with Crippen LogP contribution in [0.2, 0.25) is 0 Å². The summed E-state index contributed by atoms with van der Waals surface area (Å²) in [5.74, 6) is -0.437. The van der Waals surface area contributed by atoms with E-state index in [2.05, 4.69) is 9.72 Å². The number of benzene rings is 2. The molecule has 0 atom stereocenters. The van der Waals surface area contributed by atoms with E-state index in [0.29, 0.717) is 11.1 Å². The van der Waals surface area contributed by atoms with Gasteiger partial charge in [-0.2, -0.15) is 0 Å². The van der Waals surface area contributed by atoms with Gasteiger partial charge in [0.2, 0.25) is 0 Å². The van der Waals surface area contributed by atoms with Crippen LogP contribution in [-0.4, -0.2) is 22.6 Å². The number of nitrogens with one attached hydrogen (secondary N) is 1. The van der Waals surface area contributed by atoms with E-state index in [4.69, 9.17) is 0 Å². The quantitative estimate of drug-likeness (QED) is 0.689. The third-order valence-electron chi connectivity index (χ3n) is 4.12. The van der Waals surface area contributed by atoms with Gasteiger partial charge in [0.05, 0.1) is 12.7 Å². The van der Waals surface area contributed by atoms with Gasteiger partial charge in [0.15, 0.2) is 0 Å². The van der Waals surface area contributed by atoms with Gasteiger partial charge in [-0.3, -0.25) is 9.59 Å². The smallest absolute Gasteiger partial charge is 0.337 e. The summed E-state index contributed by atoms with van der Waals surface area (Å²) < 4.78 is 5.96. The average molecular weight is 362 g/mol. The molecule has 0 fully saturated rings. The second-order valence-corrected chi connectivity index (χ2v) is 5.93. The summed E-state index contributed by atoms with van der Waals surface area (Å²) >= 11 is 0. The predicted molar refractivity (Wildman–Crippen MR) is 103 cm³/mol. The van der Waals surface area contributed by atoms with Crippen molar-refractivity contribution in [1.29, 1.82) is 0 Å². The summed E-state index contributed by atoms with van der Waals surface area (Å²) in [6.45, 7) is 0. The van der Waals surface area contributed by atoms with Crippen molar-refractivity contribution < 1.29 is 9.53 Å². The predicted octanol–water partition coefficient (Wildman–Crippen LogP) is 0.518. The summed E-state index contributed by atoms with van der Waals surface area (Å²) in [4.78, 5) is 39.2. The van der Waals surface area contributed by atoms with Crippen LogP contribution in [0.3, 0.4) is 0 Å². The zero-order valence-corrected chi connectivity index (χ0v) is 14.9. The lowest BCUT2D eigenvalue weighted by Gasteiger charge is -2.01. The van der Waals surface area contributed by atoms with Gasteiger partial charge in [0, 0.05) is 7.05 Å². The van der Waals surface area contributed by atoms with Gasteiger partial charge in [0.25, 0.3) is 11.1 Å². The summed E-state index contributed by atoms with van der Waals surface area (Å²) in [5.41, 5.74) is 1.22. The average Bonchev–Trinajstić information content (AvgIpc) is 2.70. The van der Waals surface area contributed by atoms with Gasteiger partial charge in [-0.15, -0.1) is 0 Å². The van der Waals surface area contributed by atoms with Crippen molar-refractivity contribution in [2.75, 3.05) is 7.11 Å². The largest absolute Gasteiger partial charge is 0.465 e. The zero-order chi connectivity index (χ0) is 19.4. The van der Waals surface area contributed by atoms with Crippen LogP contribution in [0, 0.1) is 0 Å². The highest BCUT2D eigenvalue weighted by atomic mass is 16.5. The van der Waals surface area contributed by atoms with E-state index in [0.717, 1.165) is 5.56 Å². The molecule has 0 unspecified atom stereocenters. The number of aromatic nitrogens is 2. The Hall–Kier alpha value is -3.67. The summed E-state index contributed by atoms with van der Waals surface area (Å²) in [7, 11) is 2.86. The van der Waals surface area contributed by atoms with E-state index in [1.54, 1.807) is 43.5 Å². The Morgan fingerprint density at radius 1 is 0.963 bits per heavy atom. The lowest BCUT2D eigenvalue weighted by Crippen LogP contribution is -2.52. The number of aromatic amines is 1. The molecule has 1 aromatic heterocycles. The highest BCUT2D eigenvalue weighted by Gasteiger charge is 2.05. The molecule has 2 aromatic carbocycles. The molecule has 27 heavy (non-hydrogen) atoms. The number of ether oxygens (including phenoxy) is 1. The molecule has 3 rings (SSSR count). The maximum Gasteiger partial charge on any atom is 0.337 e. The van der Waals surface area contributed by atoms with Crippen LogP contribution in [0.4, 0.5) is 0 Å². The number of esters is 1. The van der Waals surface area contributed by atoms with Crippen molar-refractivity contribution >= 4 is 18.1 Å². The molecule has 0 spiro atoms. The molecule has 136 valence electrons. The van der Waals surface area contributed by atoms with E-state index in [1.165, 1.54) is 11.7 Å². The first-order valence-electron chi connectivity index (χ1n) is 8.26. The molecule has 0 aliphatic heterocycles. The molecule has 0 amide bonds. The lowest BCUT2D eigenvalue weighted by molar-refractivity contribution is 0.0600. The number of methoxy groups -OCH3 is 1. The number of nitrogens with zero attached hydrogens (tertiary/aromatic N) is 1. The first-order chi connectivity index (χ1) is 13.0. The lowest BCUT2D eigenvalue weighted by atomic mass is 10.1. The Balaban J connectivity index is 2.10. The number of carbonyl (C=O) groups excluding carboxylic acids is 1. The minimum Gasteiger partial charge on any atom is -0.465 e. The van der Waals surface area contributed by atoms with Gasteiger partial charge in [0.1, 0.15) is 10.7 Å². The van der Waals surface area contributed by atoms with Crippen molar-refractivity contribution in [2.45, 2.75) is 0 Å². The molecular formula is C21H18N2O4. The molecule has 0 aliphatic rings. The number of H-pyrrole nitrogens is 1. The normalized spacial score (nSPS) is 12.2. The fourth-order valence-electron chi connectivity index (χ4n) is 2.65. The topological polar surface area (TPSA) is 81.2 Å². The van der Waals surface area contributed by atoms with Gasteiger partial charge < -0.3 is 14.3 Å². The van der Waals surface area contributed by atoms with E-state index in [9.17, 15) is 14.4 Å². The van der Waals surface area contributed by atoms with Crippen LogP contribution in [0.15, 0.2) is 64.2 Å². The van der Waals surface area contributed by atoms with E-state index in [1.807, 2.05) is 30.3 Å². The highest BCUT2D eigenvalue weighted by molar-refractivity contribution is 5.89. The molecule has 0 aliphatic carbocycles. The van der Waals surface area contributed by atoms with Gasteiger partial charge in [-0.05, 0) is 35.4 Å². The Bertz CT molecular complexity index is 1200. The number of rotatable bonds is 3. The van der Waals surface area contributed by atoms with Crippen molar-refractivity contribution in [2.24, 2.45) is 7.05 Å². The number of carbonyl (C=O) groups is 1. The molecule has 0 radical (unpaired) electrons. The highest BCUT2D eigenvalue weighted by Crippen LogP contribution is 2.05.